The van der Waals surface area contributed by atoms with Gasteiger partial charge in [-0.25, -0.2) is 0 Å². The third kappa shape index (κ3) is 2.97. The molecule has 66 valence electrons. The quantitative estimate of drug-likeness (QED) is 0.615. The number of halogens is 1. The van der Waals surface area contributed by atoms with Crippen LogP contribution in [0, 0.1) is 0 Å². The summed E-state index contributed by atoms with van der Waals surface area (Å²) in [5, 5.41) is 0.0393. The first kappa shape index (κ1) is 9.30. The van der Waals surface area contributed by atoms with Gasteiger partial charge in [0.25, 0.3) is 0 Å². The Balaban J connectivity index is 2.12. The van der Waals surface area contributed by atoms with Crippen LogP contribution < -0.4 is 0 Å². The van der Waals surface area contributed by atoms with Crippen LogP contribution in [0.2, 0.25) is 0 Å². The summed E-state index contributed by atoms with van der Waals surface area (Å²) in [6.07, 6.45) is 3.17. The zero-order valence-electron chi connectivity index (χ0n) is 6.88. The highest BCUT2D eigenvalue weighted by atomic mass is 35.5. The van der Waals surface area contributed by atoms with Gasteiger partial charge in [0.2, 0.25) is 0 Å². The van der Waals surface area contributed by atoms with Gasteiger partial charge < -0.3 is 9.47 Å². The van der Waals surface area contributed by atoms with Gasteiger partial charge in [0, 0.05) is 0 Å². The molecule has 0 aromatic carbocycles. The highest BCUT2D eigenvalue weighted by Crippen LogP contribution is 2.18. The third-order valence-corrected chi connectivity index (χ3v) is 2.20. The Hall–Kier alpha value is 0.210. The van der Waals surface area contributed by atoms with E-state index in [1.54, 1.807) is 0 Å². The van der Waals surface area contributed by atoms with E-state index in [2.05, 4.69) is 6.92 Å². The van der Waals surface area contributed by atoms with Crippen molar-refractivity contribution in [2.45, 2.75) is 37.9 Å². The molecule has 0 saturated carbocycles. The molecule has 1 atom stereocenters. The molecule has 0 radical (unpaired) electrons. The fraction of sp³-hybridized carbons (Fsp3) is 1.00. The van der Waals surface area contributed by atoms with Crippen LogP contribution in [-0.4, -0.2) is 24.9 Å². The highest BCUT2D eigenvalue weighted by molar-refractivity contribution is 6.20. The maximum Gasteiger partial charge on any atom is 0.173 e. The van der Waals surface area contributed by atoms with Crippen molar-refractivity contribution in [1.29, 1.82) is 0 Å². The van der Waals surface area contributed by atoms with Crippen LogP contribution in [0.3, 0.4) is 0 Å². The molecule has 1 saturated heterocycles. The zero-order chi connectivity index (χ0) is 8.10. The molecule has 1 unspecified atom stereocenters. The lowest BCUT2D eigenvalue weighted by molar-refractivity contribution is -0.0447. The summed E-state index contributed by atoms with van der Waals surface area (Å²) >= 11 is 6.02. The molecule has 0 aromatic rings. The highest BCUT2D eigenvalue weighted by Gasteiger charge is 2.23. The number of rotatable bonds is 4. The van der Waals surface area contributed by atoms with Crippen LogP contribution in [0.15, 0.2) is 0 Å². The molecule has 0 N–H and O–H groups in total. The van der Waals surface area contributed by atoms with Crippen LogP contribution in [0.1, 0.15) is 26.2 Å². The van der Waals surface area contributed by atoms with E-state index in [1.165, 1.54) is 6.42 Å². The van der Waals surface area contributed by atoms with Crippen molar-refractivity contribution in [3.63, 3.8) is 0 Å². The van der Waals surface area contributed by atoms with Crippen molar-refractivity contribution in [2.24, 2.45) is 0 Å². The van der Waals surface area contributed by atoms with Crippen molar-refractivity contribution in [3.8, 4) is 0 Å². The first-order chi connectivity index (χ1) is 5.34. The maximum atomic E-state index is 6.02. The van der Waals surface area contributed by atoms with Gasteiger partial charge in [-0.1, -0.05) is 19.8 Å². The van der Waals surface area contributed by atoms with E-state index >= 15 is 0 Å². The van der Waals surface area contributed by atoms with Gasteiger partial charge >= 0.3 is 0 Å². The lowest BCUT2D eigenvalue weighted by Gasteiger charge is -2.14. The van der Waals surface area contributed by atoms with Crippen molar-refractivity contribution in [3.05, 3.63) is 0 Å². The summed E-state index contributed by atoms with van der Waals surface area (Å²) in [5.41, 5.74) is 0. The van der Waals surface area contributed by atoms with Gasteiger partial charge in [0.1, 0.15) is 0 Å². The summed E-state index contributed by atoms with van der Waals surface area (Å²) < 4.78 is 10.5. The Morgan fingerprint density at radius 2 is 2.09 bits per heavy atom. The molecule has 1 aliphatic heterocycles. The van der Waals surface area contributed by atoms with Crippen LogP contribution in [-0.2, 0) is 9.47 Å². The SMILES string of the molecule is CCCCC(Cl)C1OCCO1. The normalized spacial score (nSPS) is 22.4. The summed E-state index contributed by atoms with van der Waals surface area (Å²) in [7, 11) is 0. The average molecular weight is 179 g/mol. The number of unbranched alkanes of at least 4 members (excludes halogenated alkanes) is 1. The molecular formula is C8H15ClO2. The maximum absolute atomic E-state index is 6.02. The van der Waals surface area contributed by atoms with E-state index in [9.17, 15) is 0 Å². The Morgan fingerprint density at radius 3 is 2.64 bits per heavy atom. The minimum absolute atomic E-state index is 0.0393. The molecule has 1 rings (SSSR count). The van der Waals surface area contributed by atoms with Crippen molar-refractivity contribution in [2.75, 3.05) is 13.2 Å². The summed E-state index contributed by atoms with van der Waals surface area (Å²) in [6.45, 7) is 3.54. The molecule has 3 heteroatoms. The molecule has 2 nitrogen and oxygen atoms in total. The number of hydrogen-bond donors (Lipinski definition) is 0. The topological polar surface area (TPSA) is 18.5 Å². The van der Waals surface area contributed by atoms with E-state index < -0.39 is 0 Å². The Bertz CT molecular complexity index is 102. The number of alkyl halides is 1. The minimum Gasteiger partial charge on any atom is -0.349 e. The van der Waals surface area contributed by atoms with Crippen LogP contribution in [0.4, 0.5) is 0 Å². The summed E-state index contributed by atoms with van der Waals surface area (Å²) in [4.78, 5) is 0. The smallest absolute Gasteiger partial charge is 0.173 e. The first-order valence-electron chi connectivity index (χ1n) is 4.22. The van der Waals surface area contributed by atoms with Gasteiger partial charge in [-0.15, -0.1) is 11.6 Å². The van der Waals surface area contributed by atoms with Crippen molar-refractivity contribution in [1.82, 2.24) is 0 Å². The largest absolute Gasteiger partial charge is 0.349 e. The Labute approximate surface area is 72.8 Å². The number of ether oxygens (including phenoxy) is 2. The van der Waals surface area contributed by atoms with Gasteiger partial charge in [-0.05, 0) is 6.42 Å². The molecule has 1 heterocycles. The van der Waals surface area contributed by atoms with E-state index in [-0.39, 0.29) is 11.7 Å². The molecule has 0 spiro atoms. The van der Waals surface area contributed by atoms with Crippen molar-refractivity contribution >= 4 is 11.6 Å². The second kappa shape index (κ2) is 4.96. The van der Waals surface area contributed by atoms with E-state index in [0.29, 0.717) is 13.2 Å². The lowest BCUT2D eigenvalue weighted by atomic mass is 10.2. The van der Waals surface area contributed by atoms with Crippen LogP contribution in [0.5, 0.6) is 0 Å². The first-order valence-corrected chi connectivity index (χ1v) is 4.65. The van der Waals surface area contributed by atoms with E-state index in [4.69, 9.17) is 21.1 Å². The van der Waals surface area contributed by atoms with Gasteiger partial charge in [0.15, 0.2) is 6.29 Å². The average Bonchev–Trinajstić information content (AvgIpc) is 2.52. The molecule has 0 amide bonds. The monoisotopic (exact) mass is 178 g/mol. The molecule has 1 aliphatic rings. The molecule has 0 bridgehead atoms. The second-order valence-corrected chi connectivity index (χ2v) is 3.33. The fourth-order valence-corrected chi connectivity index (χ4v) is 1.42. The molecule has 0 aliphatic carbocycles. The molecule has 1 fully saturated rings. The summed E-state index contributed by atoms with van der Waals surface area (Å²) in [5.74, 6) is 0. The van der Waals surface area contributed by atoms with Gasteiger partial charge in [-0.3, -0.25) is 0 Å². The standard InChI is InChI=1S/C8H15ClO2/c1-2-3-4-7(9)8-10-5-6-11-8/h7-8H,2-6H2,1H3. The van der Waals surface area contributed by atoms with E-state index in [1.807, 2.05) is 0 Å². The summed E-state index contributed by atoms with van der Waals surface area (Å²) in [6, 6.07) is 0. The Kier molecular flexibility index (Phi) is 4.20. The predicted molar refractivity (Wildman–Crippen MR) is 44.9 cm³/mol. The fourth-order valence-electron chi connectivity index (χ4n) is 1.12. The predicted octanol–water partition coefficient (Wildman–Crippen LogP) is 2.16. The minimum atomic E-state index is -0.150. The van der Waals surface area contributed by atoms with Crippen LogP contribution >= 0.6 is 11.6 Å². The van der Waals surface area contributed by atoms with Gasteiger partial charge in [0.05, 0.1) is 18.6 Å². The number of hydrogen-bond acceptors (Lipinski definition) is 2. The Morgan fingerprint density at radius 1 is 1.45 bits per heavy atom. The second-order valence-electron chi connectivity index (χ2n) is 2.77. The van der Waals surface area contributed by atoms with Crippen LogP contribution in [0.25, 0.3) is 0 Å². The van der Waals surface area contributed by atoms with Crippen molar-refractivity contribution < 1.29 is 9.47 Å². The molecular weight excluding hydrogens is 164 g/mol. The zero-order valence-corrected chi connectivity index (χ0v) is 7.64. The van der Waals surface area contributed by atoms with E-state index in [0.717, 1.165) is 12.8 Å². The molecule has 11 heavy (non-hydrogen) atoms. The van der Waals surface area contributed by atoms with Gasteiger partial charge in [-0.2, -0.15) is 0 Å². The third-order valence-electron chi connectivity index (χ3n) is 1.78. The lowest BCUT2D eigenvalue weighted by Crippen LogP contribution is -2.21. The molecule has 0 aromatic heterocycles.